The SMILES string of the molecule is c1ccc(-c2ccc(N(c3ccc(-c4ccccc4)cc3)c3ccc(-c4cc(-c5ccc(-n6c7ccc(-c8ccccc8)cc7c7cc(-c8ccccc8)ccc76)cc5)cc5c6ccccc6n(-c6ccccc6)c45)cc3)cc2)cc1. The highest BCUT2D eigenvalue weighted by atomic mass is 15.1. The Morgan fingerprint density at radius 1 is 0.198 bits per heavy atom. The van der Waals surface area contributed by atoms with Gasteiger partial charge in [-0.15, -0.1) is 0 Å². The summed E-state index contributed by atoms with van der Waals surface area (Å²) in [6.45, 7) is 0. The van der Waals surface area contributed by atoms with Gasteiger partial charge in [0.25, 0.3) is 0 Å². The number of nitrogens with zero attached hydrogens (tertiary/aromatic N) is 3. The molecule has 0 aliphatic carbocycles. The van der Waals surface area contributed by atoms with Crippen LogP contribution in [-0.4, -0.2) is 9.13 Å². The van der Waals surface area contributed by atoms with Crippen LogP contribution in [0.25, 0.3) is 122 Å². The number of fused-ring (bicyclic) bond motifs is 6. The molecule has 0 radical (unpaired) electrons. The first-order valence-corrected chi connectivity index (χ1v) is 27.8. The maximum absolute atomic E-state index is 2.45. The number of hydrogen-bond acceptors (Lipinski definition) is 1. The number of benzene rings is 13. The van der Waals surface area contributed by atoms with E-state index in [-0.39, 0.29) is 0 Å². The minimum absolute atomic E-state index is 1.07. The maximum Gasteiger partial charge on any atom is 0.0619 e. The number of anilines is 3. The van der Waals surface area contributed by atoms with Crippen LogP contribution in [0.1, 0.15) is 0 Å². The smallest absolute Gasteiger partial charge is 0.0619 e. The Hall–Kier alpha value is -10.7. The lowest BCUT2D eigenvalue weighted by Crippen LogP contribution is -2.09. The van der Waals surface area contributed by atoms with E-state index in [1.807, 2.05) is 0 Å². The summed E-state index contributed by atoms with van der Waals surface area (Å²) in [6.07, 6.45) is 0. The molecule has 380 valence electrons. The molecule has 3 heteroatoms. The first kappa shape index (κ1) is 47.5. The van der Waals surface area contributed by atoms with Crippen LogP contribution in [0, 0.1) is 0 Å². The Morgan fingerprint density at radius 3 is 1.01 bits per heavy atom. The Balaban J connectivity index is 0.864. The van der Waals surface area contributed by atoms with Crippen LogP contribution < -0.4 is 4.90 Å². The van der Waals surface area contributed by atoms with Gasteiger partial charge in [-0.3, -0.25) is 0 Å². The summed E-state index contributed by atoms with van der Waals surface area (Å²) in [5, 5.41) is 4.88. The zero-order valence-corrected chi connectivity index (χ0v) is 44.4. The molecule has 0 N–H and O–H groups in total. The molecule has 0 spiro atoms. The fourth-order valence-electron chi connectivity index (χ4n) is 12.2. The van der Waals surface area contributed by atoms with Crippen molar-refractivity contribution in [1.29, 1.82) is 0 Å². The molecule has 0 saturated heterocycles. The third-order valence-electron chi connectivity index (χ3n) is 16.1. The molecule has 81 heavy (non-hydrogen) atoms. The molecular weight excluding hydrogens is 979 g/mol. The van der Waals surface area contributed by atoms with Crippen molar-refractivity contribution in [2.45, 2.75) is 0 Å². The first-order chi connectivity index (χ1) is 40.2. The number of aromatic nitrogens is 2. The molecule has 2 heterocycles. The Labute approximate surface area is 471 Å². The largest absolute Gasteiger partial charge is 0.311 e. The van der Waals surface area contributed by atoms with E-state index in [2.05, 4.69) is 336 Å². The minimum Gasteiger partial charge on any atom is -0.311 e. The molecule has 0 saturated carbocycles. The lowest BCUT2D eigenvalue weighted by atomic mass is 9.95. The monoisotopic (exact) mass is 1030 g/mol. The van der Waals surface area contributed by atoms with Crippen molar-refractivity contribution in [2.24, 2.45) is 0 Å². The van der Waals surface area contributed by atoms with Crippen LogP contribution >= 0.6 is 0 Å². The van der Waals surface area contributed by atoms with Crippen LogP contribution in [0.2, 0.25) is 0 Å². The molecule has 0 fully saturated rings. The third kappa shape index (κ3) is 8.66. The molecule has 13 aromatic carbocycles. The molecule has 0 aliphatic rings. The Bertz CT molecular complexity index is 4540. The average Bonchev–Trinajstić information content (AvgIpc) is 4.17. The summed E-state index contributed by atoms with van der Waals surface area (Å²) in [4.78, 5) is 2.36. The third-order valence-corrected chi connectivity index (χ3v) is 16.1. The highest BCUT2D eigenvalue weighted by Crippen LogP contribution is 2.44. The number of rotatable bonds is 11. The van der Waals surface area contributed by atoms with E-state index in [0.717, 1.165) is 50.7 Å². The lowest BCUT2D eigenvalue weighted by molar-refractivity contribution is 1.18. The van der Waals surface area contributed by atoms with Gasteiger partial charge in [0.15, 0.2) is 0 Å². The van der Waals surface area contributed by atoms with Gasteiger partial charge < -0.3 is 14.0 Å². The average molecular weight is 1030 g/mol. The van der Waals surface area contributed by atoms with Gasteiger partial charge in [-0.1, -0.05) is 218 Å². The molecular formula is C78H53N3. The van der Waals surface area contributed by atoms with Crippen LogP contribution in [0.5, 0.6) is 0 Å². The molecule has 0 aliphatic heterocycles. The van der Waals surface area contributed by atoms with Crippen molar-refractivity contribution in [3.05, 3.63) is 322 Å². The van der Waals surface area contributed by atoms with Gasteiger partial charge in [0.05, 0.1) is 22.1 Å². The standard InChI is InChI=1S/C78H53N3/c1-6-18-54(19-7-1)58-30-40-66(41-31-58)79(67-42-32-59(33-43-67)55-20-8-2-9-21-55)68-46-36-61(37-47-68)71-52-64(53-74-70-28-16-17-29-75(70)81(78(71)74)65-26-14-5-15-27-65)60-34-44-69(45-35-60)80-76-48-38-62(56-22-10-3-11-23-56)50-72(76)73-51-63(39-49-77(73)80)57-24-12-4-13-25-57/h1-53H. The van der Waals surface area contributed by atoms with Gasteiger partial charge in [-0.2, -0.15) is 0 Å². The van der Waals surface area contributed by atoms with Gasteiger partial charge in [-0.25, -0.2) is 0 Å². The van der Waals surface area contributed by atoms with E-state index in [1.165, 1.54) is 88.1 Å². The summed E-state index contributed by atoms with van der Waals surface area (Å²) < 4.78 is 4.88. The topological polar surface area (TPSA) is 13.1 Å². The second-order valence-corrected chi connectivity index (χ2v) is 20.9. The van der Waals surface area contributed by atoms with Crippen molar-refractivity contribution >= 4 is 60.7 Å². The van der Waals surface area contributed by atoms with E-state index < -0.39 is 0 Å². The highest BCUT2D eigenvalue weighted by molar-refractivity contribution is 6.16. The molecule has 0 unspecified atom stereocenters. The predicted octanol–water partition coefficient (Wildman–Crippen LogP) is 21.4. The minimum atomic E-state index is 1.07. The Kier molecular flexibility index (Phi) is 11.9. The summed E-state index contributed by atoms with van der Waals surface area (Å²) in [5.74, 6) is 0. The van der Waals surface area contributed by atoms with Gasteiger partial charge in [-0.05, 0) is 164 Å². The molecule has 3 nitrogen and oxygen atoms in total. The molecule has 0 atom stereocenters. The van der Waals surface area contributed by atoms with Crippen LogP contribution in [0.3, 0.4) is 0 Å². The zero-order chi connectivity index (χ0) is 53.6. The quantitative estimate of drug-likeness (QED) is 0.126. The fraction of sp³-hybridized carbons (Fsp3) is 0. The first-order valence-electron chi connectivity index (χ1n) is 27.8. The number of para-hydroxylation sites is 2. The van der Waals surface area contributed by atoms with E-state index in [0.29, 0.717) is 0 Å². The van der Waals surface area contributed by atoms with E-state index >= 15 is 0 Å². The van der Waals surface area contributed by atoms with Crippen LogP contribution in [-0.2, 0) is 0 Å². The molecule has 0 amide bonds. The van der Waals surface area contributed by atoms with E-state index in [4.69, 9.17) is 0 Å². The van der Waals surface area contributed by atoms with Crippen molar-refractivity contribution in [3.8, 4) is 78.1 Å². The molecule has 0 bridgehead atoms. The molecule has 15 rings (SSSR count). The second kappa shape index (κ2) is 20.2. The predicted molar refractivity (Wildman–Crippen MR) is 342 cm³/mol. The summed E-state index contributed by atoms with van der Waals surface area (Å²) in [5.41, 5.74) is 24.4. The second-order valence-electron chi connectivity index (χ2n) is 20.9. The van der Waals surface area contributed by atoms with Gasteiger partial charge in [0, 0.05) is 55.5 Å². The van der Waals surface area contributed by atoms with Crippen molar-refractivity contribution in [3.63, 3.8) is 0 Å². The Morgan fingerprint density at radius 2 is 0.531 bits per heavy atom. The fourth-order valence-corrected chi connectivity index (χ4v) is 12.2. The van der Waals surface area contributed by atoms with Crippen molar-refractivity contribution < 1.29 is 0 Å². The summed E-state index contributed by atoms with van der Waals surface area (Å²) in [6, 6.07) is 117. The zero-order valence-electron chi connectivity index (χ0n) is 44.4. The van der Waals surface area contributed by atoms with E-state index in [1.54, 1.807) is 0 Å². The van der Waals surface area contributed by atoms with Crippen molar-refractivity contribution in [2.75, 3.05) is 4.90 Å². The van der Waals surface area contributed by atoms with Gasteiger partial charge in [0.1, 0.15) is 0 Å². The lowest BCUT2D eigenvalue weighted by Gasteiger charge is -2.26. The molecule has 2 aromatic heterocycles. The van der Waals surface area contributed by atoms with E-state index in [9.17, 15) is 0 Å². The normalized spacial score (nSPS) is 11.5. The van der Waals surface area contributed by atoms with Gasteiger partial charge in [0.2, 0.25) is 0 Å². The maximum atomic E-state index is 2.45. The molecule has 15 aromatic rings. The summed E-state index contributed by atoms with van der Waals surface area (Å²) >= 11 is 0. The summed E-state index contributed by atoms with van der Waals surface area (Å²) in [7, 11) is 0. The highest BCUT2D eigenvalue weighted by Gasteiger charge is 2.21. The van der Waals surface area contributed by atoms with Crippen LogP contribution in [0.15, 0.2) is 322 Å². The van der Waals surface area contributed by atoms with Crippen molar-refractivity contribution in [1.82, 2.24) is 9.13 Å². The van der Waals surface area contributed by atoms with Crippen LogP contribution in [0.4, 0.5) is 17.1 Å². The number of hydrogen-bond donors (Lipinski definition) is 0. The van der Waals surface area contributed by atoms with Gasteiger partial charge >= 0.3 is 0 Å².